The highest BCUT2D eigenvalue weighted by Crippen LogP contribution is 2.10. The van der Waals surface area contributed by atoms with Gasteiger partial charge in [-0.1, -0.05) is 16.3 Å². The fourth-order valence-corrected chi connectivity index (χ4v) is 2.00. The normalized spacial score (nSPS) is 9.89. The number of amides is 2. The summed E-state index contributed by atoms with van der Waals surface area (Å²) >= 11 is 1.58. The zero-order valence-corrected chi connectivity index (χ0v) is 11.4. The number of aryl methyl sites for hydroxylation is 1. The fraction of sp³-hybridized carbons (Fsp3) is 0.444. The third kappa shape index (κ3) is 4.41. The van der Waals surface area contributed by atoms with E-state index in [-0.39, 0.29) is 17.2 Å². The van der Waals surface area contributed by atoms with Crippen LogP contribution in [0.1, 0.15) is 22.3 Å². The van der Waals surface area contributed by atoms with E-state index in [2.05, 4.69) is 19.6 Å². The lowest BCUT2D eigenvalue weighted by Crippen LogP contribution is -2.27. The number of hydrogen-bond donors (Lipinski definition) is 1. The molecule has 0 bridgehead atoms. The molecule has 0 aliphatic rings. The average molecular weight is 289 g/mol. The van der Waals surface area contributed by atoms with E-state index >= 15 is 0 Å². The number of nitrogens with zero attached hydrogens (tertiary/aromatic N) is 2. The second-order valence-electron chi connectivity index (χ2n) is 3.02. The summed E-state index contributed by atoms with van der Waals surface area (Å²) in [5.74, 6) is -1.20. The van der Waals surface area contributed by atoms with Crippen molar-refractivity contribution in [2.24, 2.45) is 0 Å². The quantitative estimate of drug-likeness (QED) is 0.825. The topological polar surface area (TPSA) is 98.2 Å². The molecule has 0 atom stereocenters. The van der Waals surface area contributed by atoms with Gasteiger partial charge < -0.3 is 4.74 Å². The standard InChI is InChI=1S/C9H11N3O4S2/c1-3-16-6(13)4-17-9(15)10-8(14)7-5(2)11-12-18-7/h3-4H2,1-2H3,(H,10,14,15). The largest absolute Gasteiger partial charge is 0.465 e. The van der Waals surface area contributed by atoms with Crippen molar-refractivity contribution < 1.29 is 19.1 Å². The minimum atomic E-state index is -0.610. The second-order valence-corrected chi connectivity index (χ2v) is 4.73. The number of aromatic nitrogens is 2. The molecule has 1 aromatic heterocycles. The van der Waals surface area contributed by atoms with Crippen LogP contribution in [0.5, 0.6) is 0 Å². The summed E-state index contributed by atoms with van der Waals surface area (Å²) in [5, 5.41) is 5.18. The minimum Gasteiger partial charge on any atom is -0.465 e. The van der Waals surface area contributed by atoms with Crippen molar-refractivity contribution in [2.45, 2.75) is 13.8 Å². The summed E-state index contributed by atoms with van der Waals surface area (Å²) in [6, 6.07) is 0. The molecule has 18 heavy (non-hydrogen) atoms. The Morgan fingerprint density at radius 1 is 1.44 bits per heavy atom. The maximum atomic E-state index is 11.6. The Morgan fingerprint density at radius 3 is 2.72 bits per heavy atom. The first kappa shape index (κ1) is 14.6. The second kappa shape index (κ2) is 7.07. The van der Waals surface area contributed by atoms with Crippen LogP contribution in [0.25, 0.3) is 0 Å². The molecule has 0 aliphatic heterocycles. The van der Waals surface area contributed by atoms with Crippen molar-refractivity contribution in [1.29, 1.82) is 0 Å². The van der Waals surface area contributed by atoms with E-state index in [0.717, 1.165) is 11.5 Å². The molecule has 0 aromatic carbocycles. The van der Waals surface area contributed by atoms with Crippen molar-refractivity contribution in [2.75, 3.05) is 12.4 Å². The van der Waals surface area contributed by atoms with E-state index in [1.54, 1.807) is 13.8 Å². The van der Waals surface area contributed by atoms with Crippen LogP contribution in [0, 0.1) is 6.92 Å². The van der Waals surface area contributed by atoms with Gasteiger partial charge >= 0.3 is 5.97 Å². The lowest BCUT2D eigenvalue weighted by molar-refractivity contribution is -0.139. The van der Waals surface area contributed by atoms with Gasteiger partial charge in [0.25, 0.3) is 11.1 Å². The molecule has 9 heteroatoms. The van der Waals surface area contributed by atoms with Crippen LogP contribution in [0.3, 0.4) is 0 Å². The first-order valence-corrected chi connectivity index (χ1v) is 6.73. The molecule has 0 saturated heterocycles. The molecule has 1 aromatic rings. The Balaban J connectivity index is 2.39. The molecule has 1 rings (SSSR count). The predicted molar refractivity (Wildman–Crippen MR) is 66.6 cm³/mol. The number of carbonyl (C=O) groups is 3. The lowest BCUT2D eigenvalue weighted by Gasteiger charge is -2.02. The van der Waals surface area contributed by atoms with Gasteiger partial charge in [0.05, 0.1) is 12.3 Å². The van der Waals surface area contributed by atoms with Crippen LogP contribution in [0.15, 0.2) is 0 Å². The summed E-state index contributed by atoms with van der Waals surface area (Å²) in [6.45, 7) is 3.55. The average Bonchev–Trinajstić information content (AvgIpc) is 2.73. The molecule has 1 heterocycles. The first-order chi connectivity index (χ1) is 8.54. The van der Waals surface area contributed by atoms with Gasteiger partial charge in [-0.25, -0.2) is 0 Å². The molecule has 0 unspecified atom stereocenters. The summed E-state index contributed by atoms with van der Waals surface area (Å²) in [7, 11) is 0. The zero-order valence-electron chi connectivity index (χ0n) is 9.76. The van der Waals surface area contributed by atoms with Gasteiger partial charge in [-0.15, -0.1) is 5.10 Å². The molecule has 0 saturated carbocycles. The Kier molecular flexibility index (Phi) is 5.72. The molecule has 2 amide bonds. The highest BCUT2D eigenvalue weighted by Gasteiger charge is 2.17. The third-order valence-electron chi connectivity index (χ3n) is 1.70. The van der Waals surface area contributed by atoms with E-state index in [1.807, 2.05) is 0 Å². The third-order valence-corrected chi connectivity index (χ3v) is 3.27. The number of ether oxygens (including phenoxy) is 1. The molecule has 98 valence electrons. The first-order valence-electron chi connectivity index (χ1n) is 4.97. The summed E-state index contributed by atoms with van der Waals surface area (Å²) in [5.41, 5.74) is 0.459. The Bertz CT molecular complexity index is 460. The molecule has 0 spiro atoms. The maximum absolute atomic E-state index is 11.6. The van der Waals surface area contributed by atoms with Crippen LogP contribution in [-0.2, 0) is 9.53 Å². The van der Waals surface area contributed by atoms with Crippen molar-refractivity contribution >= 4 is 40.4 Å². The number of hydrogen-bond acceptors (Lipinski definition) is 8. The number of thioether (sulfide) groups is 1. The van der Waals surface area contributed by atoms with Gasteiger partial charge in [-0.05, 0) is 25.4 Å². The molecule has 0 fully saturated rings. The van der Waals surface area contributed by atoms with Gasteiger partial charge in [0.15, 0.2) is 0 Å². The van der Waals surface area contributed by atoms with E-state index in [9.17, 15) is 14.4 Å². The van der Waals surface area contributed by atoms with Gasteiger partial charge in [0.1, 0.15) is 10.6 Å². The highest BCUT2D eigenvalue weighted by molar-refractivity contribution is 8.14. The van der Waals surface area contributed by atoms with Crippen LogP contribution in [-0.4, -0.2) is 39.1 Å². The molecule has 0 radical (unpaired) electrons. The van der Waals surface area contributed by atoms with E-state index in [0.29, 0.717) is 17.5 Å². The van der Waals surface area contributed by atoms with Crippen molar-refractivity contribution in [3.8, 4) is 0 Å². The number of imide groups is 1. The van der Waals surface area contributed by atoms with Crippen molar-refractivity contribution in [1.82, 2.24) is 14.9 Å². The lowest BCUT2D eigenvalue weighted by atomic mass is 10.4. The SMILES string of the molecule is CCOC(=O)CSC(=O)NC(=O)c1snnc1C. The summed E-state index contributed by atoms with van der Waals surface area (Å²) in [6.07, 6.45) is 0. The van der Waals surface area contributed by atoms with Gasteiger partial charge in [-0.2, -0.15) is 0 Å². The van der Waals surface area contributed by atoms with Crippen LogP contribution in [0.2, 0.25) is 0 Å². The fourth-order valence-electron chi connectivity index (χ4n) is 0.952. The molecule has 7 nitrogen and oxygen atoms in total. The molecular weight excluding hydrogens is 278 g/mol. The Hall–Kier alpha value is -1.48. The molecule has 0 aliphatic carbocycles. The number of esters is 1. The van der Waals surface area contributed by atoms with Crippen LogP contribution in [0.4, 0.5) is 4.79 Å². The van der Waals surface area contributed by atoms with E-state index < -0.39 is 17.1 Å². The number of rotatable bonds is 4. The number of nitrogens with one attached hydrogen (secondary N) is 1. The molecule has 1 N–H and O–H groups in total. The monoisotopic (exact) mass is 289 g/mol. The van der Waals surface area contributed by atoms with Crippen molar-refractivity contribution in [3.05, 3.63) is 10.6 Å². The van der Waals surface area contributed by atoms with Gasteiger partial charge in [-0.3, -0.25) is 19.7 Å². The summed E-state index contributed by atoms with van der Waals surface area (Å²) < 4.78 is 8.23. The smallest absolute Gasteiger partial charge is 0.316 e. The minimum absolute atomic E-state index is 0.132. The Labute approximate surface area is 111 Å². The highest BCUT2D eigenvalue weighted by atomic mass is 32.2. The molecular formula is C9H11N3O4S2. The van der Waals surface area contributed by atoms with E-state index in [4.69, 9.17) is 0 Å². The van der Waals surface area contributed by atoms with Crippen LogP contribution < -0.4 is 5.32 Å². The van der Waals surface area contributed by atoms with Gasteiger partial charge in [0, 0.05) is 0 Å². The van der Waals surface area contributed by atoms with E-state index in [1.165, 1.54) is 0 Å². The Morgan fingerprint density at radius 2 is 2.17 bits per heavy atom. The number of carbonyl (C=O) groups excluding carboxylic acids is 3. The maximum Gasteiger partial charge on any atom is 0.316 e. The van der Waals surface area contributed by atoms with Gasteiger partial charge in [0.2, 0.25) is 0 Å². The zero-order chi connectivity index (χ0) is 13.5. The predicted octanol–water partition coefficient (Wildman–Crippen LogP) is 0.993. The van der Waals surface area contributed by atoms with Crippen molar-refractivity contribution in [3.63, 3.8) is 0 Å². The summed E-state index contributed by atoms with van der Waals surface area (Å²) in [4.78, 5) is 34.2. The van der Waals surface area contributed by atoms with Crippen LogP contribution >= 0.6 is 23.3 Å².